The van der Waals surface area contributed by atoms with E-state index in [4.69, 9.17) is 9.47 Å². The summed E-state index contributed by atoms with van der Waals surface area (Å²) in [4.78, 5) is 23.1. The van der Waals surface area contributed by atoms with Gasteiger partial charge in [-0.3, -0.25) is 0 Å². The second-order valence-corrected chi connectivity index (χ2v) is 8.09. The van der Waals surface area contributed by atoms with Crippen LogP contribution in [-0.2, 0) is 20.7 Å². The minimum atomic E-state index is -0.429. The van der Waals surface area contributed by atoms with Crippen molar-refractivity contribution in [3.05, 3.63) is 102 Å². The molecule has 0 amide bonds. The molecule has 0 N–H and O–H groups in total. The number of esters is 2. The van der Waals surface area contributed by atoms with Crippen molar-refractivity contribution < 1.29 is 19.1 Å². The molecule has 0 fully saturated rings. The van der Waals surface area contributed by atoms with E-state index in [1.807, 2.05) is 12.1 Å². The summed E-state index contributed by atoms with van der Waals surface area (Å²) in [6, 6.07) is 22.1. The SMILES string of the molecule is C=C(C)C(=O)OCCc1ccc(-c2ccc(-c3ccc(OC(=O)C(=C)C)cc3)c(C)c2)cc1. The van der Waals surface area contributed by atoms with E-state index >= 15 is 0 Å². The molecule has 33 heavy (non-hydrogen) atoms. The Morgan fingerprint density at radius 2 is 1.33 bits per heavy atom. The van der Waals surface area contributed by atoms with E-state index in [2.05, 4.69) is 62.5 Å². The zero-order valence-corrected chi connectivity index (χ0v) is 19.3. The third-order valence-corrected chi connectivity index (χ3v) is 5.21. The van der Waals surface area contributed by atoms with Crippen molar-refractivity contribution in [1.29, 1.82) is 0 Å². The summed E-state index contributed by atoms with van der Waals surface area (Å²) >= 11 is 0. The van der Waals surface area contributed by atoms with Crippen molar-refractivity contribution in [2.24, 2.45) is 0 Å². The first kappa shape index (κ1) is 23.7. The molecular weight excluding hydrogens is 412 g/mol. The molecule has 0 radical (unpaired) electrons. The maximum atomic E-state index is 11.7. The van der Waals surface area contributed by atoms with Crippen molar-refractivity contribution in [3.63, 3.8) is 0 Å². The highest BCUT2D eigenvalue weighted by Crippen LogP contribution is 2.30. The van der Waals surface area contributed by atoms with Crippen LogP contribution in [-0.4, -0.2) is 18.5 Å². The zero-order valence-electron chi connectivity index (χ0n) is 19.3. The van der Waals surface area contributed by atoms with Gasteiger partial charge in [-0.1, -0.05) is 67.8 Å². The molecule has 0 aliphatic carbocycles. The number of aryl methyl sites for hydroxylation is 1. The number of hydrogen-bond donors (Lipinski definition) is 0. The Morgan fingerprint density at radius 3 is 1.91 bits per heavy atom. The fourth-order valence-corrected chi connectivity index (χ4v) is 3.31. The average molecular weight is 441 g/mol. The Labute approximate surface area is 195 Å². The Balaban J connectivity index is 1.68. The summed E-state index contributed by atoms with van der Waals surface area (Å²) in [7, 11) is 0. The van der Waals surface area contributed by atoms with Crippen molar-refractivity contribution in [3.8, 4) is 28.0 Å². The molecule has 3 aromatic rings. The third kappa shape index (κ3) is 6.30. The third-order valence-electron chi connectivity index (χ3n) is 5.21. The Bertz CT molecular complexity index is 1190. The molecule has 3 rings (SSSR count). The molecule has 168 valence electrons. The van der Waals surface area contributed by atoms with Crippen LogP contribution in [0.15, 0.2) is 91.0 Å². The molecule has 0 heterocycles. The molecule has 0 aliphatic heterocycles. The number of hydrogen-bond acceptors (Lipinski definition) is 4. The predicted molar refractivity (Wildman–Crippen MR) is 132 cm³/mol. The zero-order chi connectivity index (χ0) is 24.0. The first-order chi connectivity index (χ1) is 15.7. The molecule has 4 heteroatoms. The molecule has 0 spiro atoms. The fraction of sp³-hybridized carbons (Fsp3) is 0.172. The lowest BCUT2D eigenvalue weighted by Gasteiger charge is -2.11. The molecule has 0 unspecified atom stereocenters. The number of ether oxygens (including phenoxy) is 2. The van der Waals surface area contributed by atoms with Gasteiger partial charge in [-0.2, -0.15) is 0 Å². The van der Waals surface area contributed by atoms with E-state index in [1.54, 1.807) is 26.0 Å². The van der Waals surface area contributed by atoms with E-state index in [9.17, 15) is 9.59 Å². The summed E-state index contributed by atoms with van der Waals surface area (Å²) < 4.78 is 10.4. The topological polar surface area (TPSA) is 52.6 Å². The highest BCUT2D eigenvalue weighted by molar-refractivity contribution is 5.89. The molecule has 0 saturated heterocycles. The molecule has 0 saturated carbocycles. The van der Waals surface area contributed by atoms with E-state index in [1.165, 1.54) is 0 Å². The lowest BCUT2D eigenvalue weighted by molar-refractivity contribution is -0.138. The summed E-state index contributed by atoms with van der Waals surface area (Å²) in [5.41, 5.74) is 7.44. The Morgan fingerprint density at radius 1 is 0.758 bits per heavy atom. The van der Waals surface area contributed by atoms with Gasteiger partial charge in [0.15, 0.2) is 0 Å². The largest absolute Gasteiger partial charge is 0.462 e. The van der Waals surface area contributed by atoms with Gasteiger partial charge in [0.2, 0.25) is 0 Å². The lowest BCUT2D eigenvalue weighted by atomic mass is 9.95. The predicted octanol–water partition coefficient (Wildman–Crippen LogP) is 6.47. The molecule has 0 bridgehead atoms. The first-order valence-electron chi connectivity index (χ1n) is 10.8. The van der Waals surface area contributed by atoms with Crippen LogP contribution in [0.3, 0.4) is 0 Å². The van der Waals surface area contributed by atoms with Gasteiger partial charge in [0.05, 0.1) is 6.61 Å². The van der Waals surface area contributed by atoms with Crippen molar-refractivity contribution in [2.75, 3.05) is 6.61 Å². The van der Waals surface area contributed by atoms with Crippen LogP contribution >= 0.6 is 0 Å². The van der Waals surface area contributed by atoms with Gasteiger partial charge in [-0.15, -0.1) is 0 Å². The van der Waals surface area contributed by atoms with Gasteiger partial charge in [0.1, 0.15) is 5.75 Å². The van der Waals surface area contributed by atoms with E-state index < -0.39 is 5.97 Å². The number of carbonyl (C=O) groups excluding carboxylic acids is 2. The van der Waals surface area contributed by atoms with Crippen LogP contribution in [0.1, 0.15) is 25.0 Å². The van der Waals surface area contributed by atoms with Gasteiger partial charge in [0.25, 0.3) is 0 Å². The Kier molecular flexibility index (Phi) is 7.62. The van der Waals surface area contributed by atoms with Crippen LogP contribution in [0.2, 0.25) is 0 Å². The maximum Gasteiger partial charge on any atom is 0.338 e. The smallest absolute Gasteiger partial charge is 0.338 e. The van der Waals surface area contributed by atoms with Gasteiger partial charge < -0.3 is 9.47 Å². The van der Waals surface area contributed by atoms with Gasteiger partial charge in [-0.25, -0.2) is 9.59 Å². The number of carbonyl (C=O) groups is 2. The van der Waals surface area contributed by atoms with Gasteiger partial charge in [0, 0.05) is 17.6 Å². The summed E-state index contributed by atoms with van der Waals surface area (Å²) in [5.74, 6) is -0.289. The molecule has 3 aromatic carbocycles. The van der Waals surface area contributed by atoms with E-state index in [0.717, 1.165) is 33.4 Å². The molecular formula is C29H28O4. The summed E-state index contributed by atoms with van der Waals surface area (Å²) in [6.07, 6.45) is 0.662. The first-order valence-corrected chi connectivity index (χ1v) is 10.8. The normalized spacial score (nSPS) is 10.4. The quantitative estimate of drug-likeness (QED) is 0.229. The summed E-state index contributed by atoms with van der Waals surface area (Å²) in [6.45, 7) is 12.9. The second-order valence-electron chi connectivity index (χ2n) is 8.09. The number of rotatable bonds is 8. The van der Waals surface area contributed by atoms with Crippen molar-refractivity contribution in [1.82, 2.24) is 0 Å². The van der Waals surface area contributed by atoms with Crippen LogP contribution in [0.25, 0.3) is 22.3 Å². The van der Waals surface area contributed by atoms with Crippen LogP contribution < -0.4 is 4.74 Å². The second kappa shape index (κ2) is 10.6. The van der Waals surface area contributed by atoms with Crippen molar-refractivity contribution >= 4 is 11.9 Å². The number of benzene rings is 3. The fourth-order valence-electron chi connectivity index (χ4n) is 3.31. The van der Waals surface area contributed by atoms with Crippen LogP contribution in [0.4, 0.5) is 0 Å². The molecule has 4 nitrogen and oxygen atoms in total. The Hall–Kier alpha value is -3.92. The molecule has 0 atom stereocenters. The summed E-state index contributed by atoms with van der Waals surface area (Å²) in [5, 5.41) is 0. The van der Waals surface area contributed by atoms with Gasteiger partial charge in [-0.05, 0) is 66.3 Å². The highest BCUT2D eigenvalue weighted by atomic mass is 16.5. The van der Waals surface area contributed by atoms with Crippen LogP contribution in [0.5, 0.6) is 5.75 Å². The average Bonchev–Trinajstić information content (AvgIpc) is 2.80. The minimum absolute atomic E-state index is 0.337. The van der Waals surface area contributed by atoms with Crippen molar-refractivity contribution in [2.45, 2.75) is 27.2 Å². The lowest BCUT2D eigenvalue weighted by Crippen LogP contribution is -2.07. The standard InChI is InChI=1S/C29H28O4/c1-19(2)28(30)32-17-16-22-6-8-23(9-7-22)25-12-15-27(21(5)18-25)24-10-13-26(14-11-24)33-29(31)20(3)4/h6-15,18H,1,3,16-17H2,2,4-5H3. The van der Waals surface area contributed by atoms with Gasteiger partial charge >= 0.3 is 11.9 Å². The van der Waals surface area contributed by atoms with Crippen LogP contribution in [0, 0.1) is 6.92 Å². The van der Waals surface area contributed by atoms with E-state index in [-0.39, 0.29) is 5.97 Å². The molecule has 0 aliphatic rings. The monoisotopic (exact) mass is 440 g/mol. The van der Waals surface area contributed by atoms with E-state index in [0.29, 0.717) is 29.9 Å². The molecule has 0 aromatic heterocycles. The minimum Gasteiger partial charge on any atom is -0.462 e. The maximum absolute atomic E-state index is 11.7. The highest BCUT2D eigenvalue weighted by Gasteiger charge is 2.08.